The van der Waals surface area contributed by atoms with E-state index in [-0.39, 0.29) is 0 Å². The summed E-state index contributed by atoms with van der Waals surface area (Å²) in [6, 6.07) is 10.6. The third kappa shape index (κ3) is 2.65. The number of benzene rings is 1. The Morgan fingerprint density at radius 2 is 1.80 bits per heavy atom. The fourth-order valence-corrected chi connectivity index (χ4v) is 2.63. The van der Waals surface area contributed by atoms with E-state index in [1.807, 2.05) is 0 Å². The number of rotatable bonds is 2. The number of nitrogens with zero attached hydrogens (tertiary/aromatic N) is 3. The van der Waals surface area contributed by atoms with Crippen LogP contribution in [0.3, 0.4) is 0 Å². The molecule has 1 saturated heterocycles. The molecule has 0 bridgehead atoms. The van der Waals surface area contributed by atoms with Crippen LogP contribution in [0.1, 0.15) is 11.1 Å². The Balaban J connectivity index is 1.85. The molecule has 104 valence electrons. The van der Waals surface area contributed by atoms with Gasteiger partial charge >= 0.3 is 0 Å². The SMILES string of the molecule is Cc1ccc(-c2ccc(N3CCNCC3)nn2)c(C)c1. The molecule has 2 heterocycles. The molecule has 0 atom stereocenters. The van der Waals surface area contributed by atoms with E-state index in [2.05, 4.69) is 64.6 Å². The first-order valence-electron chi connectivity index (χ1n) is 7.11. The van der Waals surface area contributed by atoms with Gasteiger partial charge in [-0.15, -0.1) is 10.2 Å². The number of hydrogen-bond donors (Lipinski definition) is 1. The number of piperazine rings is 1. The van der Waals surface area contributed by atoms with Gasteiger partial charge in [-0.1, -0.05) is 23.8 Å². The van der Waals surface area contributed by atoms with Crippen molar-refractivity contribution >= 4 is 5.82 Å². The lowest BCUT2D eigenvalue weighted by atomic mass is 10.0. The molecule has 1 N–H and O–H groups in total. The predicted octanol–water partition coefficient (Wildman–Crippen LogP) is 2.17. The Labute approximate surface area is 119 Å². The van der Waals surface area contributed by atoms with E-state index in [1.165, 1.54) is 11.1 Å². The Kier molecular flexibility index (Phi) is 3.65. The Morgan fingerprint density at radius 3 is 2.45 bits per heavy atom. The van der Waals surface area contributed by atoms with Crippen LogP contribution in [0.25, 0.3) is 11.3 Å². The fourth-order valence-electron chi connectivity index (χ4n) is 2.63. The molecular weight excluding hydrogens is 248 g/mol. The summed E-state index contributed by atoms with van der Waals surface area (Å²) < 4.78 is 0. The van der Waals surface area contributed by atoms with E-state index in [1.54, 1.807) is 0 Å². The Morgan fingerprint density at radius 1 is 1.00 bits per heavy atom. The van der Waals surface area contributed by atoms with E-state index in [0.717, 1.165) is 43.3 Å². The van der Waals surface area contributed by atoms with Gasteiger partial charge in [0.25, 0.3) is 0 Å². The first-order valence-corrected chi connectivity index (χ1v) is 7.11. The summed E-state index contributed by atoms with van der Waals surface area (Å²) in [6.07, 6.45) is 0. The molecule has 20 heavy (non-hydrogen) atoms. The molecule has 0 radical (unpaired) electrons. The van der Waals surface area contributed by atoms with E-state index >= 15 is 0 Å². The number of hydrogen-bond acceptors (Lipinski definition) is 4. The summed E-state index contributed by atoms with van der Waals surface area (Å²) in [6.45, 7) is 8.25. The summed E-state index contributed by atoms with van der Waals surface area (Å²) in [4.78, 5) is 2.27. The zero-order valence-electron chi connectivity index (χ0n) is 12.1. The minimum absolute atomic E-state index is 0.946. The van der Waals surface area contributed by atoms with E-state index < -0.39 is 0 Å². The topological polar surface area (TPSA) is 41.0 Å². The minimum atomic E-state index is 0.946. The van der Waals surface area contributed by atoms with Crippen molar-refractivity contribution in [1.29, 1.82) is 0 Å². The van der Waals surface area contributed by atoms with Gasteiger partial charge in [-0.2, -0.15) is 0 Å². The third-order valence-corrected chi connectivity index (χ3v) is 3.75. The van der Waals surface area contributed by atoms with Crippen molar-refractivity contribution < 1.29 is 0 Å². The summed E-state index contributed by atoms with van der Waals surface area (Å²) in [5.74, 6) is 0.972. The molecule has 1 aliphatic heterocycles. The molecule has 3 rings (SSSR count). The normalized spacial score (nSPS) is 15.4. The Hall–Kier alpha value is -1.94. The molecule has 2 aromatic rings. The minimum Gasteiger partial charge on any atom is -0.353 e. The number of anilines is 1. The maximum absolute atomic E-state index is 4.40. The van der Waals surface area contributed by atoms with Crippen LogP contribution in [-0.2, 0) is 0 Å². The summed E-state index contributed by atoms with van der Waals surface area (Å²) in [5, 5.41) is 12.1. The van der Waals surface area contributed by atoms with Crippen LogP contribution in [0, 0.1) is 13.8 Å². The largest absolute Gasteiger partial charge is 0.353 e. The molecule has 1 aliphatic rings. The van der Waals surface area contributed by atoms with Crippen LogP contribution < -0.4 is 10.2 Å². The van der Waals surface area contributed by atoms with Crippen molar-refractivity contribution in [2.24, 2.45) is 0 Å². The molecule has 1 aromatic heterocycles. The van der Waals surface area contributed by atoms with Crippen molar-refractivity contribution in [1.82, 2.24) is 15.5 Å². The van der Waals surface area contributed by atoms with Gasteiger partial charge in [0.1, 0.15) is 0 Å². The van der Waals surface area contributed by atoms with Gasteiger partial charge in [-0.3, -0.25) is 0 Å². The highest BCUT2D eigenvalue weighted by Gasteiger charge is 2.12. The molecule has 4 heteroatoms. The lowest BCUT2D eigenvalue weighted by molar-refractivity contribution is 0.583. The first-order chi connectivity index (χ1) is 9.74. The third-order valence-electron chi connectivity index (χ3n) is 3.75. The molecule has 0 amide bonds. The number of aryl methyl sites for hydroxylation is 2. The highest BCUT2D eigenvalue weighted by molar-refractivity contribution is 5.64. The van der Waals surface area contributed by atoms with Crippen LogP contribution >= 0.6 is 0 Å². The van der Waals surface area contributed by atoms with Crippen LogP contribution in [0.2, 0.25) is 0 Å². The second kappa shape index (κ2) is 5.59. The number of aromatic nitrogens is 2. The molecule has 0 saturated carbocycles. The quantitative estimate of drug-likeness (QED) is 0.906. The van der Waals surface area contributed by atoms with Crippen molar-refractivity contribution in [3.63, 3.8) is 0 Å². The average molecular weight is 268 g/mol. The van der Waals surface area contributed by atoms with Crippen LogP contribution in [0.5, 0.6) is 0 Å². The highest BCUT2D eigenvalue weighted by atomic mass is 15.3. The zero-order valence-corrected chi connectivity index (χ0v) is 12.1. The van der Waals surface area contributed by atoms with Crippen LogP contribution in [-0.4, -0.2) is 36.4 Å². The van der Waals surface area contributed by atoms with Gasteiger partial charge in [0, 0.05) is 31.7 Å². The van der Waals surface area contributed by atoms with E-state index in [4.69, 9.17) is 0 Å². The molecule has 4 nitrogen and oxygen atoms in total. The molecular formula is C16H20N4. The van der Waals surface area contributed by atoms with E-state index in [0.29, 0.717) is 0 Å². The van der Waals surface area contributed by atoms with Crippen LogP contribution in [0.15, 0.2) is 30.3 Å². The van der Waals surface area contributed by atoms with Crippen molar-refractivity contribution in [2.45, 2.75) is 13.8 Å². The van der Waals surface area contributed by atoms with Gasteiger partial charge in [0.2, 0.25) is 0 Å². The highest BCUT2D eigenvalue weighted by Crippen LogP contribution is 2.23. The monoisotopic (exact) mass is 268 g/mol. The maximum atomic E-state index is 4.40. The fraction of sp³-hybridized carbons (Fsp3) is 0.375. The number of nitrogens with one attached hydrogen (secondary N) is 1. The van der Waals surface area contributed by atoms with Gasteiger partial charge in [-0.05, 0) is 31.5 Å². The molecule has 0 unspecified atom stereocenters. The lowest BCUT2D eigenvalue weighted by Gasteiger charge is -2.27. The average Bonchev–Trinajstić information content (AvgIpc) is 2.48. The molecule has 0 spiro atoms. The first kappa shape index (κ1) is 13.1. The molecule has 1 fully saturated rings. The van der Waals surface area contributed by atoms with Crippen molar-refractivity contribution in [3.8, 4) is 11.3 Å². The summed E-state index contributed by atoms with van der Waals surface area (Å²) in [7, 11) is 0. The van der Waals surface area contributed by atoms with Gasteiger partial charge < -0.3 is 10.2 Å². The van der Waals surface area contributed by atoms with Gasteiger partial charge in [0.15, 0.2) is 5.82 Å². The lowest BCUT2D eigenvalue weighted by Crippen LogP contribution is -2.43. The van der Waals surface area contributed by atoms with Crippen molar-refractivity contribution in [2.75, 3.05) is 31.1 Å². The Bertz CT molecular complexity index is 586. The molecule has 0 aliphatic carbocycles. The second-order valence-corrected chi connectivity index (χ2v) is 5.33. The van der Waals surface area contributed by atoms with Crippen molar-refractivity contribution in [3.05, 3.63) is 41.5 Å². The predicted molar refractivity (Wildman–Crippen MR) is 82.0 cm³/mol. The zero-order chi connectivity index (χ0) is 13.9. The maximum Gasteiger partial charge on any atom is 0.151 e. The van der Waals surface area contributed by atoms with Gasteiger partial charge in [0.05, 0.1) is 5.69 Å². The standard InChI is InChI=1S/C16H20N4/c1-12-3-4-14(13(2)11-12)15-5-6-16(19-18-15)20-9-7-17-8-10-20/h3-6,11,17H,7-10H2,1-2H3. The van der Waals surface area contributed by atoms with E-state index in [9.17, 15) is 0 Å². The summed E-state index contributed by atoms with van der Waals surface area (Å²) >= 11 is 0. The second-order valence-electron chi connectivity index (χ2n) is 5.33. The smallest absolute Gasteiger partial charge is 0.151 e. The van der Waals surface area contributed by atoms with Crippen LogP contribution in [0.4, 0.5) is 5.82 Å². The van der Waals surface area contributed by atoms with Gasteiger partial charge in [-0.25, -0.2) is 0 Å². The summed E-state index contributed by atoms with van der Waals surface area (Å²) in [5.41, 5.74) is 4.63. The molecule has 1 aromatic carbocycles.